The van der Waals surface area contributed by atoms with E-state index in [0.717, 1.165) is 6.41 Å². The summed E-state index contributed by atoms with van der Waals surface area (Å²) in [6.45, 7) is 6.36. The van der Waals surface area contributed by atoms with Crippen LogP contribution in [-0.4, -0.2) is 43.3 Å². The van der Waals surface area contributed by atoms with Crippen LogP contribution in [-0.2, 0) is 9.59 Å². The Morgan fingerprint density at radius 1 is 1.29 bits per heavy atom. The second-order valence-electron chi connectivity index (χ2n) is 5.06. The number of hydrogen-bond donors (Lipinski definition) is 1. The summed E-state index contributed by atoms with van der Waals surface area (Å²) >= 11 is 0. The summed E-state index contributed by atoms with van der Waals surface area (Å²) in [5.74, 6) is 0.307. The Morgan fingerprint density at radius 2 is 1.79 bits per heavy atom. The minimum Gasteiger partial charge on any atom is -0.343 e. The van der Waals surface area contributed by atoms with Crippen molar-refractivity contribution in [1.29, 1.82) is 0 Å². The van der Waals surface area contributed by atoms with Crippen molar-refractivity contribution < 1.29 is 9.59 Å². The van der Waals surface area contributed by atoms with Gasteiger partial charge in [-0.25, -0.2) is 0 Å². The predicted molar refractivity (Wildman–Crippen MR) is 51.7 cm³/mol. The van der Waals surface area contributed by atoms with Gasteiger partial charge in [0.2, 0.25) is 6.41 Å². The maximum absolute atomic E-state index is 12.1. The molecule has 1 amide bonds. The lowest BCUT2D eigenvalue weighted by Crippen LogP contribution is -2.67. The van der Waals surface area contributed by atoms with E-state index in [9.17, 15) is 9.59 Å². The second kappa shape index (κ2) is 2.79. The van der Waals surface area contributed by atoms with Crippen molar-refractivity contribution in [2.75, 3.05) is 26.2 Å². The molecular formula is C10H16N2O2. The molecule has 2 bridgehead atoms. The van der Waals surface area contributed by atoms with Gasteiger partial charge in [-0.2, -0.15) is 0 Å². The standard InChI is InChI=1S/C10H16N2O2/c1-9-3-11-4-10(2,8(9)14)6-12(5-9)7-13/h7,11H,3-6H2,1-2H3/t9-,10-/m0/s1. The summed E-state index contributed by atoms with van der Waals surface area (Å²) < 4.78 is 0. The largest absolute Gasteiger partial charge is 0.343 e. The number of nitrogens with one attached hydrogen (secondary N) is 1. The van der Waals surface area contributed by atoms with Gasteiger partial charge in [-0.15, -0.1) is 0 Å². The van der Waals surface area contributed by atoms with E-state index in [0.29, 0.717) is 32.0 Å². The average molecular weight is 196 g/mol. The summed E-state index contributed by atoms with van der Waals surface area (Å²) in [6, 6.07) is 0. The average Bonchev–Trinajstić information content (AvgIpc) is 2.11. The van der Waals surface area contributed by atoms with E-state index < -0.39 is 0 Å². The van der Waals surface area contributed by atoms with Crippen molar-refractivity contribution in [3.8, 4) is 0 Å². The van der Waals surface area contributed by atoms with E-state index in [1.165, 1.54) is 0 Å². The quantitative estimate of drug-likeness (QED) is 0.583. The fourth-order valence-electron chi connectivity index (χ4n) is 2.79. The van der Waals surface area contributed by atoms with Crippen LogP contribution >= 0.6 is 0 Å². The van der Waals surface area contributed by atoms with Crippen molar-refractivity contribution in [3.05, 3.63) is 0 Å². The minimum absolute atomic E-state index is 0.307. The molecule has 2 atom stereocenters. The molecule has 14 heavy (non-hydrogen) atoms. The molecule has 2 rings (SSSR count). The van der Waals surface area contributed by atoms with Crippen molar-refractivity contribution in [3.63, 3.8) is 0 Å². The zero-order valence-corrected chi connectivity index (χ0v) is 8.67. The van der Waals surface area contributed by atoms with Gasteiger partial charge >= 0.3 is 0 Å². The Bertz CT molecular complexity index is 270. The van der Waals surface area contributed by atoms with Crippen LogP contribution in [0.4, 0.5) is 0 Å². The third kappa shape index (κ3) is 1.17. The molecule has 0 aromatic carbocycles. The number of nitrogens with zero attached hydrogens (tertiary/aromatic N) is 1. The minimum atomic E-state index is -0.383. The highest BCUT2D eigenvalue weighted by atomic mass is 16.1. The van der Waals surface area contributed by atoms with Gasteiger partial charge in [0, 0.05) is 26.2 Å². The number of ketones is 1. The monoisotopic (exact) mass is 196 g/mol. The summed E-state index contributed by atoms with van der Waals surface area (Å²) in [5, 5.41) is 3.28. The van der Waals surface area contributed by atoms with Crippen LogP contribution in [0, 0.1) is 10.8 Å². The highest BCUT2D eigenvalue weighted by molar-refractivity contribution is 5.92. The van der Waals surface area contributed by atoms with Gasteiger partial charge in [0.25, 0.3) is 0 Å². The number of fused-ring (bicyclic) bond motifs is 2. The molecule has 2 fully saturated rings. The molecule has 2 aliphatic heterocycles. The lowest BCUT2D eigenvalue weighted by molar-refractivity contribution is -0.151. The molecule has 0 aromatic rings. The Labute approximate surface area is 83.6 Å². The molecule has 0 saturated carbocycles. The summed E-state index contributed by atoms with van der Waals surface area (Å²) in [4.78, 5) is 24.6. The smallest absolute Gasteiger partial charge is 0.209 e. The molecule has 78 valence electrons. The van der Waals surface area contributed by atoms with Crippen LogP contribution in [0.2, 0.25) is 0 Å². The maximum Gasteiger partial charge on any atom is 0.209 e. The van der Waals surface area contributed by atoms with Crippen LogP contribution < -0.4 is 5.32 Å². The van der Waals surface area contributed by atoms with Gasteiger partial charge < -0.3 is 10.2 Å². The van der Waals surface area contributed by atoms with Crippen molar-refractivity contribution in [2.45, 2.75) is 13.8 Å². The first-order valence-corrected chi connectivity index (χ1v) is 4.95. The number of carbonyl (C=O) groups is 2. The van der Waals surface area contributed by atoms with Gasteiger partial charge in [0.05, 0.1) is 10.8 Å². The number of piperidine rings is 2. The molecule has 0 radical (unpaired) electrons. The first kappa shape index (κ1) is 9.65. The number of likely N-dealkylation sites (tertiary alicyclic amines) is 1. The first-order chi connectivity index (χ1) is 6.50. The van der Waals surface area contributed by atoms with Crippen LogP contribution in [0.3, 0.4) is 0 Å². The zero-order valence-electron chi connectivity index (χ0n) is 8.67. The normalized spacial score (nSPS) is 42.4. The molecule has 0 unspecified atom stereocenters. The molecule has 0 aliphatic carbocycles. The maximum atomic E-state index is 12.1. The Balaban J connectivity index is 2.34. The number of Topliss-reactive ketones (excluding diaryl/α,β-unsaturated/α-hetero) is 1. The highest BCUT2D eigenvalue weighted by Gasteiger charge is 2.53. The lowest BCUT2D eigenvalue weighted by Gasteiger charge is -2.51. The molecule has 2 aliphatic rings. The van der Waals surface area contributed by atoms with E-state index in [-0.39, 0.29) is 10.8 Å². The first-order valence-electron chi connectivity index (χ1n) is 4.95. The van der Waals surface area contributed by atoms with Gasteiger partial charge in [0.15, 0.2) is 5.78 Å². The van der Waals surface area contributed by atoms with E-state index in [4.69, 9.17) is 0 Å². The Kier molecular flexibility index (Phi) is 1.93. The summed E-state index contributed by atoms with van der Waals surface area (Å²) in [5.41, 5.74) is -0.766. The number of hydrogen-bond acceptors (Lipinski definition) is 3. The molecule has 4 nitrogen and oxygen atoms in total. The molecule has 0 spiro atoms. The number of amides is 1. The molecule has 0 aromatic heterocycles. The van der Waals surface area contributed by atoms with Gasteiger partial charge in [-0.05, 0) is 13.8 Å². The van der Waals surface area contributed by atoms with Crippen LogP contribution in [0.1, 0.15) is 13.8 Å². The van der Waals surface area contributed by atoms with Crippen molar-refractivity contribution in [2.24, 2.45) is 10.8 Å². The molecule has 2 heterocycles. The van der Waals surface area contributed by atoms with Gasteiger partial charge in [-0.3, -0.25) is 9.59 Å². The fraction of sp³-hybridized carbons (Fsp3) is 0.800. The molecular weight excluding hydrogens is 180 g/mol. The highest BCUT2D eigenvalue weighted by Crippen LogP contribution is 2.38. The summed E-state index contributed by atoms with van der Waals surface area (Å²) in [7, 11) is 0. The molecule has 2 saturated heterocycles. The van der Waals surface area contributed by atoms with E-state index in [2.05, 4.69) is 5.32 Å². The lowest BCUT2D eigenvalue weighted by atomic mass is 9.65. The van der Waals surface area contributed by atoms with Gasteiger partial charge in [-0.1, -0.05) is 0 Å². The topological polar surface area (TPSA) is 49.4 Å². The van der Waals surface area contributed by atoms with E-state index in [1.807, 2.05) is 13.8 Å². The van der Waals surface area contributed by atoms with E-state index in [1.54, 1.807) is 4.90 Å². The third-order valence-corrected chi connectivity index (χ3v) is 3.38. The Hall–Kier alpha value is -0.900. The van der Waals surface area contributed by atoms with Crippen molar-refractivity contribution >= 4 is 12.2 Å². The predicted octanol–water partition coefficient (Wildman–Crippen LogP) is -0.357. The van der Waals surface area contributed by atoms with Gasteiger partial charge in [0.1, 0.15) is 0 Å². The van der Waals surface area contributed by atoms with E-state index >= 15 is 0 Å². The summed E-state index contributed by atoms with van der Waals surface area (Å²) in [6.07, 6.45) is 0.855. The zero-order chi connectivity index (χ0) is 10.4. The fourth-order valence-corrected chi connectivity index (χ4v) is 2.79. The number of rotatable bonds is 1. The second-order valence-corrected chi connectivity index (χ2v) is 5.06. The molecule has 4 heteroatoms. The Morgan fingerprint density at radius 3 is 2.21 bits per heavy atom. The third-order valence-electron chi connectivity index (χ3n) is 3.38. The molecule has 1 N–H and O–H groups in total. The SMILES string of the molecule is C[C@]12CNC[C@@](C)(CN(C=O)C1)C2=O. The van der Waals surface area contributed by atoms with Crippen LogP contribution in [0.15, 0.2) is 0 Å². The van der Waals surface area contributed by atoms with Crippen LogP contribution in [0.25, 0.3) is 0 Å². The number of carbonyl (C=O) groups excluding carboxylic acids is 2. The van der Waals surface area contributed by atoms with Crippen molar-refractivity contribution in [1.82, 2.24) is 10.2 Å². The van der Waals surface area contributed by atoms with Crippen LogP contribution in [0.5, 0.6) is 0 Å².